The van der Waals surface area contributed by atoms with Gasteiger partial charge in [-0.1, -0.05) is 6.07 Å². The van der Waals surface area contributed by atoms with Crippen molar-refractivity contribution in [2.75, 3.05) is 7.11 Å². The number of esters is 1. The number of rotatable bonds is 2. The minimum atomic E-state index is -0.436. The maximum atomic E-state index is 12.8. The Morgan fingerprint density at radius 3 is 2.78 bits per heavy atom. The van der Waals surface area contributed by atoms with E-state index < -0.39 is 5.92 Å². The van der Waals surface area contributed by atoms with Crippen LogP contribution in [0.3, 0.4) is 0 Å². The first-order valence-corrected chi connectivity index (χ1v) is 7.91. The van der Waals surface area contributed by atoms with Gasteiger partial charge in [0.05, 0.1) is 23.9 Å². The Hall–Kier alpha value is -2.21. The molecule has 3 aromatic rings. The number of halogens is 1. The fraction of sp³-hybridized carbons (Fsp3) is 0.235. The molecule has 0 amide bonds. The molecule has 0 fully saturated rings. The summed E-state index contributed by atoms with van der Waals surface area (Å²) < 4.78 is 7.11. The highest BCUT2D eigenvalue weighted by molar-refractivity contribution is 9.10. The van der Waals surface area contributed by atoms with Crippen LogP contribution in [0.15, 0.2) is 39.7 Å². The second-order valence-corrected chi connectivity index (χ2v) is 6.33. The van der Waals surface area contributed by atoms with Crippen LogP contribution in [-0.4, -0.2) is 22.5 Å². The third kappa shape index (κ3) is 2.63. The second kappa shape index (κ2) is 5.77. The summed E-state index contributed by atoms with van der Waals surface area (Å²) in [6.07, 6.45) is 1.72. The number of ether oxygens (including phenoxy) is 1. The van der Waals surface area contributed by atoms with Gasteiger partial charge in [-0.15, -0.1) is 0 Å². The highest BCUT2D eigenvalue weighted by atomic mass is 79.9. The zero-order chi connectivity index (χ0) is 16.7. The van der Waals surface area contributed by atoms with Crippen molar-refractivity contribution in [3.05, 3.63) is 56.4 Å². The molecule has 0 radical (unpaired) electrons. The second-order valence-electron chi connectivity index (χ2n) is 5.47. The van der Waals surface area contributed by atoms with E-state index in [1.165, 1.54) is 11.5 Å². The first-order chi connectivity index (χ1) is 10.9. The summed E-state index contributed by atoms with van der Waals surface area (Å²) in [5.74, 6) is -0.772. The molecule has 2 aromatic heterocycles. The highest BCUT2D eigenvalue weighted by Crippen LogP contribution is 2.22. The van der Waals surface area contributed by atoms with Crippen LogP contribution in [0, 0.1) is 6.92 Å². The summed E-state index contributed by atoms with van der Waals surface area (Å²) in [6, 6.07) is 7.14. The van der Waals surface area contributed by atoms with Crippen LogP contribution in [0.2, 0.25) is 0 Å². The summed E-state index contributed by atoms with van der Waals surface area (Å²) in [4.78, 5) is 29.0. The van der Waals surface area contributed by atoms with Gasteiger partial charge in [-0.2, -0.15) is 0 Å². The van der Waals surface area contributed by atoms with E-state index in [-0.39, 0.29) is 11.5 Å². The number of hydrogen-bond donors (Lipinski definition) is 0. The minimum absolute atomic E-state index is 0.162. The van der Waals surface area contributed by atoms with Crippen LogP contribution in [-0.2, 0) is 9.53 Å². The van der Waals surface area contributed by atoms with Crippen LogP contribution in [0.25, 0.3) is 16.6 Å². The van der Waals surface area contributed by atoms with E-state index in [4.69, 9.17) is 4.74 Å². The highest BCUT2D eigenvalue weighted by Gasteiger charge is 2.17. The fourth-order valence-corrected chi connectivity index (χ4v) is 2.84. The van der Waals surface area contributed by atoms with Gasteiger partial charge in [0.15, 0.2) is 0 Å². The van der Waals surface area contributed by atoms with Crippen LogP contribution in [0.1, 0.15) is 24.0 Å². The molecule has 118 valence electrons. The smallest absolute Gasteiger partial charge is 0.312 e. The quantitative estimate of drug-likeness (QED) is 0.510. The van der Waals surface area contributed by atoms with E-state index in [1.54, 1.807) is 31.3 Å². The summed E-state index contributed by atoms with van der Waals surface area (Å²) in [5, 5.41) is 0.478. The topological polar surface area (TPSA) is 60.7 Å². The monoisotopic (exact) mass is 374 g/mol. The summed E-state index contributed by atoms with van der Waals surface area (Å²) >= 11 is 3.43. The lowest BCUT2D eigenvalue weighted by Crippen LogP contribution is -2.17. The SMILES string of the molecule is COC(=O)C(C)c1ccc2nc3cc(C)c(Br)cn3c(=O)c2c1. The van der Waals surface area contributed by atoms with E-state index in [9.17, 15) is 9.59 Å². The van der Waals surface area contributed by atoms with Gasteiger partial charge >= 0.3 is 5.97 Å². The largest absolute Gasteiger partial charge is 0.469 e. The van der Waals surface area contributed by atoms with Crippen molar-refractivity contribution in [2.24, 2.45) is 0 Å². The van der Waals surface area contributed by atoms with Crippen molar-refractivity contribution >= 4 is 38.4 Å². The van der Waals surface area contributed by atoms with Gasteiger partial charge < -0.3 is 4.74 Å². The third-order valence-corrected chi connectivity index (χ3v) is 4.80. The predicted molar refractivity (Wildman–Crippen MR) is 91.8 cm³/mol. The molecule has 0 spiro atoms. The van der Waals surface area contributed by atoms with Crippen molar-refractivity contribution in [3.8, 4) is 0 Å². The number of carbonyl (C=O) groups excluding carboxylic acids is 1. The Balaban J connectivity index is 2.29. The zero-order valence-corrected chi connectivity index (χ0v) is 14.5. The van der Waals surface area contributed by atoms with Gasteiger partial charge in [-0.3, -0.25) is 14.0 Å². The molecule has 0 aliphatic heterocycles. The fourth-order valence-electron chi connectivity index (χ4n) is 2.52. The lowest BCUT2D eigenvalue weighted by molar-refractivity contribution is -0.141. The molecule has 0 bridgehead atoms. The summed E-state index contributed by atoms with van der Waals surface area (Å²) in [5.41, 5.74) is 2.78. The Bertz CT molecular complexity index is 994. The number of methoxy groups -OCH3 is 1. The zero-order valence-electron chi connectivity index (χ0n) is 13.0. The molecular weight excluding hydrogens is 360 g/mol. The molecular formula is C17H15BrN2O3. The predicted octanol–water partition coefficient (Wildman–Crippen LogP) is 3.20. The van der Waals surface area contributed by atoms with Gasteiger partial charge in [0.25, 0.3) is 5.56 Å². The van der Waals surface area contributed by atoms with Crippen LogP contribution < -0.4 is 5.56 Å². The molecule has 2 heterocycles. The van der Waals surface area contributed by atoms with Crippen molar-refractivity contribution in [1.82, 2.24) is 9.38 Å². The number of hydrogen-bond acceptors (Lipinski definition) is 4. The Morgan fingerprint density at radius 1 is 1.35 bits per heavy atom. The molecule has 1 atom stereocenters. The number of aryl methyl sites for hydroxylation is 1. The number of benzene rings is 1. The normalized spacial score (nSPS) is 12.5. The van der Waals surface area contributed by atoms with Crippen LogP contribution >= 0.6 is 15.9 Å². The molecule has 0 saturated heterocycles. The molecule has 5 nitrogen and oxygen atoms in total. The van der Waals surface area contributed by atoms with Gasteiger partial charge in [-0.25, -0.2) is 4.98 Å². The molecule has 1 aromatic carbocycles. The average Bonchev–Trinajstić information content (AvgIpc) is 2.55. The first-order valence-electron chi connectivity index (χ1n) is 7.12. The number of fused-ring (bicyclic) bond motifs is 2. The van der Waals surface area contributed by atoms with Gasteiger partial charge in [0.1, 0.15) is 5.65 Å². The average molecular weight is 375 g/mol. The van der Waals surface area contributed by atoms with Crippen LogP contribution in [0.5, 0.6) is 0 Å². The van der Waals surface area contributed by atoms with E-state index in [2.05, 4.69) is 20.9 Å². The first kappa shape index (κ1) is 15.7. The van der Waals surface area contributed by atoms with E-state index in [1.807, 2.05) is 13.0 Å². The number of carbonyl (C=O) groups is 1. The Morgan fingerprint density at radius 2 is 2.09 bits per heavy atom. The van der Waals surface area contributed by atoms with Gasteiger partial charge in [0.2, 0.25) is 0 Å². The summed E-state index contributed by atoms with van der Waals surface area (Å²) in [7, 11) is 1.35. The van der Waals surface area contributed by atoms with Crippen molar-refractivity contribution in [1.29, 1.82) is 0 Å². The Labute approximate surface area is 141 Å². The standard InChI is InChI=1S/C17H15BrN2O3/c1-9-6-15-19-14-5-4-11(10(2)17(22)23-3)7-12(14)16(21)20(15)8-13(9)18/h4-8,10H,1-3H3. The lowest BCUT2D eigenvalue weighted by atomic mass is 10.00. The van der Waals surface area contributed by atoms with E-state index in [0.717, 1.165) is 15.6 Å². The molecule has 6 heteroatoms. The number of aromatic nitrogens is 2. The molecule has 0 N–H and O–H groups in total. The molecule has 3 rings (SSSR count). The Kier molecular flexibility index (Phi) is 3.93. The van der Waals surface area contributed by atoms with Crippen molar-refractivity contribution in [3.63, 3.8) is 0 Å². The molecule has 0 aliphatic rings. The molecule has 23 heavy (non-hydrogen) atoms. The number of pyridine rings is 1. The maximum absolute atomic E-state index is 12.8. The van der Waals surface area contributed by atoms with E-state index in [0.29, 0.717) is 16.6 Å². The van der Waals surface area contributed by atoms with Gasteiger partial charge in [-0.05, 0) is 59.1 Å². The number of nitrogens with zero attached hydrogens (tertiary/aromatic N) is 2. The minimum Gasteiger partial charge on any atom is -0.469 e. The van der Waals surface area contributed by atoms with Crippen molar-refractivity contribution in [2.45, 2.75) is 19.8 Å². The van der Waals surface area contributed by atoms with Crippen molar-refractivity contribution < 1.29 is 9.53 Å². The molecule has 1 unspecified atom stereocenters. The van der Waals surface area contributed by atoms with Crippen LogP contribution in [0.4, 0.5) is 0 Å². The molecule has 0 aliphatic carbocycles. The third-order valence-electron chi connectivity index (χ3n) is 3.97. The van der Waals surface area contributed by atoms with E-state index >= 15 is 0 Å². The molecule has 0 saturated carbocycles. The maximum Gasteiger partial charge on any atom is 0.312 e. The summed E-state index contributed by atoms with van der Waals surface area (Å²) in [6.45, 7) is 3.70. The van der Waals surface area contributed by atoms with Gasteiger partial charge in [0, 0.05) is 10.7 Å². The lowest BCUT2D eigenvalue weighted by Gasteiger charge is -2.11.